The summed E-state index contributed by atoms with van der Waals surface area (Å²) in [6, 6.07) is 0. The minimum Gasteiger partial charge on any atom is -0.396 e. The maximum Gasteiger partial charge on any atom is 0.220 e. The molecule has 5 heteroatoms. The van der Waals surface area contributed by atoms with Gasteiger partial charge in [0.1, 0.15) is 0 Å². The smallest absolute Gasteiger partial charge is 0.220 e. The zero-order valence-electron chi connectivity index (χ0n) is 11.7. The standard InChI is InChI=1S/C13H28N2O2S/c1-11(2)8-12(10-14)9-13(17)15-4-7-18-6-3-5-16/h11-12,16H,3-10,14H2,1-2H3,(H,15,17). The average molecular weight is 276 g/mol. The fourth-order valence-electron chi connectivity index (χ4n) is 1.80. The molecule has 0 rings (SSSR count). The van der Waals surface area contributed by atoms with Crippen molar-refractivity contribution >= 4 is 17.7 Å². The van der Waals surface area contributed by atoms with Crippen molar-refractivity contribution in [2.75, 3.05) is 31.2 Å². The van der Waals surface area contributed by atoms with Crippen LogP contribution in [-0.4, -0.2) is 42.2 Å². The normalized spacial score (nSPS) is 12.7. The Morgan fingerprint density at radius 2 is 2.11 bits per heavy atom. The first-order chi connectivity index (χ1) is 8.60. The highest BCUT2D eigenvalue weighted by Crippen LogP contribution is 2.13. The van der Waals surface area contributed by atoms with Gasteiger partial charge in [0.25, 0.3) is 0 Å². The molecule has 0 radical (unpaired) electrons. The highest BCUT2D eigenvalue weighted by atomic mass is 32.2. The number of carbonyl (C=O) groups excluding carboxylic acids is 1. The Kier molecular flexibility index (Phi) is 11.6. The molecule has 0 aliphatic carbocycles. The number of carbonyl (C=O) groups is 1. The highest BCUT2D eigenvalue weighted by Gasteiger charge is 2.13. The molecule has 1 amide bonds. The van der Waals surface area contributed by atoms with Gasteiger partial charge >= 0.3 is 0 Å². The summed E-state index contributed by atoms with van der Waals surface area (Å²) in [5.41, 5.74) is 5.67. The van der Waals surface area contributed by atoms with Crippen LogP contribution in [0.5, 0.6) is 0 Å². The van der Waals surface area contributed by atoms with Crippen molar-refractivity contribution < 1.29 is 9.90 Å². The SMILES string of the molecule is CC(C)CC(CN)CC(=O)NCCSCCCO. The summed E-state index contributed by atoms with van der Waals surface area (Å²) in [6.07, 6.45) is 2.37. The molecule has 0 fully saturated rings. The Balaban J connectivity index is 3.56. The van der Waals surface area contributed by atoms with Gasteiger partial charge < -0.3 is 16.2 Å². The molecular formula is C13H28N2O2S. The van der Waals surface area contributed by atoms with Crippen molar-refractivity contribution in [3.05, 3.63) is 0 Å². The van der Waals surface area contributed by atoms with E-state index in [9.17, 15) is 4.79 Å². The second-order valence-electron chi connectivity index (χ2n) is 4.97. The molecule has 4 nitrogen and oxygen atoms in total. The zero-order chi connectivity index (χ0) is 13.8. The van der Waals surface area contributed by atoms with E-state index in [1.807, 2.05) is 0 Å². The van der Waals surface area contributed by atoms with Crippen molar-refractivity contribution in [2.45, 2.75) is 33.1 Å². The fourth-order valence-corrected chi connectivity index (χ4v) is 2.58. The van der Waals surface area contributed by atoms with Gasteiger partial charge in [-0.2, -0.15) is 11.8 Å². The van der Waals surface area contributed by atoms with E-state index in [1.54, 1.807) is 11.8 Å². The maximum absolute atomic E-state index is 11.7. The molecule has 0 heterocycles. The minimum atomic E-state index is 0.105. The van der Waals surface area contributed by atoms with E-state index in [4.69, 9.17) is 10.8 Å². The van der Waals surface area contributed by atoms with Crippen LogP contribution in [-0.2, 0) is 4.79 Å². The van der Waals surface area contributed by atoms with E-state index in [0.717, 1.165) is 24.3 Å². The lowest BCUT2D eigenvalue weighted by atomic mass is 9.94. The summed E-state index contributed by atoms with van der Waals surface area (Å²) in [4.78, 5) is 11.7. The quantitative estimate of drug-likeness (QED) is 0.496. The molecule has 0 aromatic heterocycles. The van der Waals surface area contributed by atoms with Crippen molar-refractivity contribution in [1.29, 1.82) is 0 Å². The Morgan fingerprint density at radius 1 is 1.39 bits per heavy atom. The van der Waals surface area contributed by atoms with E-state index >= 15 is 0 Å². The van der Waals surface area contributed by atoms with Gasteiger partial charge in [0, 0.05) is 25.3 Å². The number of hydrogen-bond donors (Lipinski definition) is 3. The van der Waals surface area contributed by atoms with Gasteiger partial charge in [0.15, 0.2) is 0 Å². The predicted octanol–water partition coefficient (Wildman–Crippen LogP) is 1.23. The lowest BCUT2D eigenvalue weighted by molar-refractivity contribution is -0.121. The third kappa shape index (κ3) is 10.9. The summed E-state index contributed by atoms with van der Waals surface area (Å²) in [6.45, 7) is 5.83. The van der Waals surface area contributed by atoms with Gasteiger partial charge in [-0.1, -0.05) is 13.8 Å². The lowest BCUT2D eigenvalue weighted by Gasteiger charge is -2.16. The first kappa shape index (κ1) is 17.7. The highest BCUT2D eigenvalue weighted by molar-refractivity contribution is 7.99. The minimum absolute atomic E-state index is 0.105. The number of aliphatic hydroxyl groups is 1. The number of amides is 1. The van der Waals surface area contributed by atoms with E-state index in [-0.39, 0.29) is 12.5 Å². The maximum atomic E-state index is 11.7. The summed E-state index contributed by atoms with van der Waals surface area (Å²) in [7, 11) is 0. The third-order valence-electron chi connectivity index (χ3n) is 2.63. The summed E-state index contributed by atoms with van der Waals surface area (Å²) < 4.78 is 0. The number of nitrogens with one attached hydrogen (secondary N) is 1. The molecule has 0 aliphatic rings. The number of nitrogens with two attached hydrogens (primary N) is 1. The largest absolute Gasteiger partial charge is 0.396 e. The van der Waals surface area contributed by atoms with Crippen LogP contribution in [0.2, 0.25) is 0 Å². The van der Waals surface area contributed by atoms with Crippen molar-refractivity contribution in [1.82, 2.24) is 5.32 Å². The first-order valence-electron chi connectivity index (χ1n) is 6.75. The van der Waals surface area contributed by atoms with Crippen LogP contribution in [0, 0.1) is 11.8 Å². The Morgan fingerprint density at radius 3 is 2.67 bits per heavy atom. The van der Waals surface area contributed by atoms with Crippen LogP contribution in [0.1, 0.15) is 33.1 Å². The molecule has 0 spiro atoms. The molecular weight excluding hydrogens is 248 g/mol. The summed E-state index contributed by atoms with van der Waals surface area (Å²) >= 11 is 1.76. The number of rotatable bonds is 11. The lowest BCUT2D eigenvalue weighted by Crippen LogP contribution is -2.30. The van der Waals surface area contributed by atoms with Crippen LogP contribution in [0.3, 0.4) is 0 Å². The van der Waals surface area contributed by atoms with Gasteiger partial charge in [-0.25, -0.2) is 0 Å². The van der Waals surface area contributed by atoms with Crippen LogP contribution >= 0.6 is 11.8 Å². The zero-order valence-corrected chi connectivity index (χ0v) is 12.5. The van der Waals surface area contributed by atoms with Gasteiger partial charge in [-0.15, -0.1) is 0 Å². The van der Waals surface area contributed by atoms with E-state index in [0.29, 0.717) is 31.3 Å². The number of thioether (sulfide) groups is 1. The van der Waals surface area contributed by atoms with Crippen LogP contribution < -0.4 is 11.1 Å². The number of aliphatic hydroxyl groups excluding tert-OH is 1. The van der Waals surface area contributed by atoms with Gasteiger partial charge in [0.2, 0.25) is 5.91 Å². The Labute approximate surface area is 115 Å². The van der Waals surface area contributed by atoms with Crippen molar-refractivity contribution in [3.8, 4) is 0 Å². The Bertz CT molecular complexity index is 213. The third-order valence-corrected chi connectivity index (χ3v) is 3.70. The molecule has 0 aromatic carbocycles. The first-order valence-corrected chi connectivity index (χ1v) is 7.91. The van der Waals surface area contributed by atoms with Crippen LogP contribution in [0.15, 0.2) is 0 Å². The Hall–Kier alpha value is -0.260. The second-order valence-corrected chi connectivity index (χ2v) is 6.20. The van der Waals surface area contributed by atoms with Crippen molar-refractivity contribution in [2.24, 2.45) is 17.6 Å². The molecule has 4 N–H and O–H groups in total. The molecule has 0 saturated carbocycles. The monoisotopic (exact) mass is 276 g/mol. The molecule has 0 bridgehead atoms. The van der Waals surface area contributed by atoms with E-state index in [1.165, 1.54) is 0 Å². The van der Waals surface area contributed by atoms with Gasteiger partial charge in [0.05, 0.1) is 0 Å². The van der Waals surface area contributed by atoms with E-state index < -0.39 is 0 Å². The average Bonchev–Trinajstić information content (AvgIpc) is 2.32. The van der Waals surface area contributed by atoms with Crippen LogP contribution in [0.4, 0.5) is 0 Å². The molecule has 0 aromatic rings. The molecule has 0 aliphatic heterocycles. The summed E-state index contributed by atoms with van der Waals surface area (Å²) in [5.74, 6) is 2.84. The summed E-state index contributed by atoms with van der Waals surface area (Å²) in [5, 5.41) is 11.5. The van der Waals surface area contributed by atoms with Crippen LogP contribution in [0.25, 0.3) is 0 Å². The van der Waals surface area contributed by atoms with Crippen molar-refractivity contribution in [3.63, 3.8) is 0 Å². The van der Waals surface area contributed by atoms with Gasteiger partial charge in [-0.3, -0.25) is 4.79 Å². The van der Waals surface area contributed by atoms with Gasteiger partial charge in [-0.05, 0) is 37.0 Å². The predicted molar refractivity (Wildman–Crippen MR) is 78.7 cm³/mol. The topological polar surface area (TPSA) is 75.4 Å². The van der Waals surface area contributed by atoms with E-state index in [2.05, 4.69) is 19.2 Å². The molecule has 108 valence electrons. The molecule has 18 heavy (non-hydrogen) atoms. The molecule has 0 saturated heterocycles. The number of hydrogen-bond acceptors (Lipinski definition) is 4. The molecule has 1 atom stereocenters. The second kappa shape index (κ2) is 11.8. The molecule has 1 unspecified atom stereocenters. The fraction of sp³-hybridized carbons (Fsp3) is 0.923.